The van der Waals surface area contributed by atoms with Gasteiger partial charge in [0.05, 0.1) is 6.61 Å². The first kappa shape index (κ1) is 8.37. The molecule has 10 heavy (non-hydrogen) atoms. The quantitative estimate of drug-likeness (QED) is 0.623. The Morgan fingerprint density at radius 1 is 1.60 bits per heavy atom. The molecule has 1 heterocycles. The molecule has 0 amide bonds. The number of aliphatic hydroxyl groups is 1. The lowest BCUT2D eigenvalue weighted by atomic mass is 10.1. The van der Waals surface area contributed by atoms with Crippen molar-refractivity contribution in [2.45, 2.75) is 30.6 Å². The molecule has 1 aliphatic heterocycles. The van der Waals surface area contributed by atoms with Crippen molar-refractivity contribution < 1.29 is 5.11 Å². The molecule has 2 nitrogen and oxygen atoms in total. The van der Waals surface area contributed by atoms with Gasteiger partial charge in [-0.2, -0.15) is 11.8 Å². The van der Waals surface area contributed by atoms with Crippen LogP contribution >= 0.6 is 11.8 Å². The van der Waals surface area contributed by atoms with E-state index in [2.05, 4.69) is 0 Å². The molecule has 3 heteroatoms. The standard InChI is InChI=1S/C7H15NOS/c8-6(5-9)7-3-1-2-4-10-7/h6-7,9H,1-5,8H2. The average Bonchev–Trinajstić information content (AvgIpc) is 2.05. The zero-order valence-corrected chi connectivity index (χ0v) is 6.94. The van der Waals surface area contributed by atoms with Crippen LogP contribution in [-0.4, -0.2) is 28.8 Å². The molecule has 0 saturated carbocycles. The number of aliphatic hydroxyl groups excluding tert-OH is 1. The van der Waals surface area contributed by atoms with Gasteiger partial charge in [-0.1, -0.05) is 6.42 Å². The van der Waals surface area contributed by atoms with Gasteiger partial charge in [0.15, 0.2) is 0 Å². The molecular weight excluding hydrogens is 146 g/mol. The molecule has 60 valence electrons. The van der Waals surface area contributed by atoms with Crippen molar-refractivity contribution in [1.82, 2.24) is 0 Å². The Bertz CT molecular complexity index is 93.6. The van der Waals surface area contributed by atoms with Gasteiger partial charge in [-0.3, -0.25) is 0 Å². The van der Waals surface area contributed by atoms with Crippen LogP contribution in [0.15, 0.2) is 0 Å². The van der Waals surface area contributed by atoms with Gasteiger partial charge in [0.1, 0.15) is 0 Å². The Kier molecular flexibility index (Phi) is 3.52. The number of hydrogen-bond donors (Lipinski definition) is 2. The second-order valence-electron chi connectivity index (χ2n) is 2.75. The predicted molar refractivity (Wildman–Crippen MR) is 45.2 cm³/mol. The molecule has 3 N–H and O–H groups in total. The molecule has 2 atom stereocenters. The fraction of sp³-hybridized carbons (Fsp3) is 1.00. The molecule has 2 unspecified atom stereocenters. The summed E-state index contributed by atoms with van der Waals surface area (Å²) in [7, 11) is 0. The minimum atomic E-state index is 0.00491. The minimum Gasteiger partial charge on any atom is -0.395 e. The van der Waals surface area contributed by atoms with Crippen molar-refractivity contribution in [2.75, 3.05) is 12.4 Å². The van der Waals surface area contributed by atoms with E-state index in [9.17, 15) is 0 Å². The maximum Gasteiger partial charge on any atom is 0.0593 e. The van der Waals surface area contributed by atoms with E-state index < -0.39 is 0 Å². The lowest BCUT2D eigenvalue weighted by molar-refractivity contribution is 0.260. The lowest BCUT2D eigenvalue weighted by Gasteiger charge is -2.25. The Labute approximate surface area is 66.2 Å². The molecular formula is C7H15NOS. The van der Waals surface area contributed by atoms with Gasteiger partial charge < -0.3 is 10.8 Å². The first-order valence-corrected chi connectivity index (χ1v) is 4.87. The average molecular weight is 161 g/mol. The molecule has 1 fully saturated rings. The van der Waals surface area contributed by atoms with Gasteiger partial charge in [-0.15, -0.1) is 0 Å². The zero-order chi connectivity index (χ0) is 7.40. The van der Waals surface area contributed by atoms with Crippen molar-refractivity contribution in [2.24, 2.45) is 5.73 Å². The summed E-state index contributed by atoms with van der Waals surface area (Å²) in [6, 6.07) is 0.00491. The summed E-state index contributed by atoms with van der Waals surface area (Å²) in [6.07, 6.45) is 3.79. The summed E-state index contributed by atoms with van der Waals surface area (Å²) in [5.74, 6) is 1.22. The van der Waals surface area contributed by atoms with Gasteiger partial charge in [0.2, 0.25) is 0 Å². The van der Waals surface area contributed by atoms with Crippen LogP contribution in [-0.2, 0) is 0 Å². The molecule has 0 aliphatic carbocycles. The highest BCUT2D eigenvalue weighted by Crippen LogP contribution is 2.26. The van der Waals surface area contributed by atoms with Crippen LogP contribution in [0.3, 0.4) is 0 Å². The third-order valence-corrected chi connectivity index (χ3v) is 3.44. The fourth-order valence-corrected chi connectivity index (χ4v) is 2.56. The molecule has 0 spiro atoms. The molecule has 1 aliphatic rings. The topological polar surface area (TPSA) is 46.2 Å². The third kappa shape index (κ3) is 2.15. The molecule has 0 aromatic rings. The monoisotopic (exact) mass is 161 g/mol. The molecule has 1 saturated heterocycles. The van der Waals surface area contributed by atoms with Crippen molar-refractivity contribution in [3.63, 3.8) is 0 Å². The number of rotatable bonds is 2. The third-order valence-electron chi connectivity index (χ3n) is 1.90. The highest BCUT2D eigenvalue weighted by molar-refractivity contribution is 8.00. The highest BCUT2D eigenvalue weighted by Gasteiger charge is 2.19. The smallest absolute Gasteiger partial charge is 0.0593 e. The van der Waals surface area contributed by atoms with Crippen molar-refractivity contribution in [1.29, 1.82) is 0 Å². The number of hydrogen-bond acceptors (Lipinski definition) is 3. The minimum absolute atomic E-state index is 0.00491. The second-order valence-corrected chi connectivity index (χ2v) is 4.10. The normalized spacial score (nSPS) is 30.0. The van der Waals surface area contributed by atoms with Crippen LogP contribution < -0.4 is 5.73 Å². The van der Waals surface area contributed by atoms with Crippen LogP contribution in [0.1, 0.15) is 19.3 Å². The Morgan fingerprint density at radius 2 is 2.40 bits per heavy atom. The van der Waals surface area contributed by atoms with E-state index in [-0.39, 0.29) is 12.6 Å². The summed E-state index contributed by atoms with van der Waals surface area (Å²) < 4.78 is 0. The molecule has 1 rings (SSSR count). The molecule has 0 aromatic heterocycles. The Morgan fingerprint density at radius 3 is 2.90 bits per heavy atom. The van der Waals surface area contributed by atoms with E-state index in [4.69, 9.17) is 10.8 Å². The van der Waals surface area contributed by atoms with Crippen molar-refractivity contribution >= 4 is 11.8 Å². The van der Waals surface area contributed by atoms with Crippen LogP contribution in [0.2, 0.25) is 0 Å². The van der Waals surface area contributed by atoms with Crippen LogP contribution in [0.4, 0.5) is 0 Å². The van der Waals surface area contributed by atoms with Gasteiger partial charge in [0.25, 0.3) is 0 Å². The van der Waals surface area contributed by atoms with E-state index in [1.54, 1.807) is 0 Å². The van der Waals surface area contributed by atoms with Gasteiger partial charge >= 0.3 is 0 Å². The lowest BCUT2D eigenvalue weighted by Crippen LogP contribution is -2.37. The molecule has 0 bridgehead atoms. The van der Waals surface area contributed by atoms with Gasteiger partial charge in [-0.25, -0.2) is 0 Å². The summed E-state index contributed by atoms with van der Waals surface area (Å²) in [4.78, 5) is 0. The maximum absolute atomic E-state index is 8.75. The largest absolute Gasteiger partial charge is 0.395 e. The predicted octanol–water partition coefficient (Wildman–Crippen LogP) is 0.592. The van der Waals surface area contributed by atoms with Gasteiger partial charge in [-0.05, 0) is 18.6 Å². The summed E-state index contributed by atoms with van der Waals surface area (Å²) in [6.45, 7) is 0.137. The molecule has 0 aromatic carbocycles. The maximum atomic E-state index is 8.75. The van der Waals surface area contributed by atoms with E-state index in [1.165, 1.54) is 25.0 Å². The number of nitrogens with two attached hydrogens (primary N) is 1. The summed E-state index contributed by atoms with van der Waals surface area (Å²) in [5, 5.41) is 9.26. The first-order chi connectivity index (χ1) is 4.84. The van der Waals surface area contributed by atoms with E-state index in [1.807, 2.05) is 11.8 Å². The second kappa shape index (κ2) is 4.21. The Balaban J connectivity index is 2.24. The molecule has 0 radical (unpaired) electrons. The van der Waals surface area contributed by atoms with Gasteiger partial charge in [0, 0.05) is 11.3 Å². The van der Waals surface area contributed by atoms with E-state index in [0.717, 1.165) is 0 Å². The summed E-state index contributed by atoms with van der Waals surface area (Å²) in [5.41, 5.74) is 5.68. The van der Waals surface area contributed by atoms with Crippen LogP contribution in [0.5, 0.6) is 0 Å². The zero-order valence-electron chi connectivity index (χ0n) is 6.12. The Hall–Kier alpha value is 0.270. The van der Waals surface area contributed by atoms with Crippen LogP contribution in [0.25, 0.3) is 0 Å². The van der Waals surface area contributed by atoms with Crippen LogP contribution in [0, 0.1) is 0 Å². The van der Waals surface area contributed by atoms with Crippen molar-refractivity contribution in [3.8, 4) is 0 Å². The number of thioether (sulfide) groups is 1. The van der Waals surface area contributed by atoms with E-state index in [0.29, 0.717) is 5.25 Å². The highest BCUT2D eigenvalue weighted by atomic mass is 32.2. The first-order valence-electron chi connectivity index (χ1n) is 3.82. The summed E-state index contributed by atoms with van der Waals surface area (Å²) >= 11 is 1.91. The van der Waals surface area contributed by atoms with Crippen molar-refractivity contribution in [3.05, 3.63) is 0 Å². The SMILES string of the molecule is NC(CO)C1CCCCS1. The fourth-order valence-electron chi connectivity index (χ4n) is 1.22. The van der Waals surface area contributed by atoms with E-state index >= 15 is 0 Å².